The van der Waals surface area contributed by atoms with Crippen molar-refractivity contribution < 1.29 is 18.7 Å². The van der Waals surface area contributed by atoms with Gasteiger partial charge in [-0.2, -0.15) is 5.10 Å². The van der Waals surface area contributed by atoms with Gasteiger partial charge in [0.2, 0.25) is 0 Å². The van der Waals surface area contributed by atoms with Crippen LogP contribution in [0.5, 0.6) is 5.75 Å². The zero-order chi connectivity index (χ0) is 22.4. The predicted octanol–water partition coefficient (Wildman–Crippen LogP) is 4.43. The van der Waals surface area contributed by atoms with Crippen molar-refractivity contribution in [3.05, 3.63) is 64.3 Å². The lowest BCUT2D eigenvalue weighted by Crippen LogP contribution is -2.26. The van der Waals surface area contributed by atoms with E-state index in [4.69, 9.17) is 20.8 Å². The smallest absolute Gasteiger partial charge is 0.291 e. The Labute approximate surface area is 185 Å². The van der Waals surface area contributed by atoms with Gasteiger partial charge in [-0.05, 0) is 44.0 Å². The molecule has 2 aromatic heterocycles. The summed E-state index contributed by atoms with van der Waals surface area (Å²) < 4.78 is 12.9. The quantitative estimate of drug-likeness (QED) is 0.508. The molecular weight excluding hydrogens is 420 g/mol. The molecule has 0 aliphatic rings. The van der Waals surface area contributed by atoms with Gasteiger partial charge in [0.1, 0.15) is 18.1 Å². The Hall–Kier alpha value is -3.26. The van der Waals surface area contributed by atoms with E-state index in [2.05, 4.69) is 15.7 Å². The lowest BCUT2D eigenvalue weighted by atomic mass is 10.2. The number of carbonyl (C=O) groups is 2. The molecule has 0 aliphatic carbocycles. The van der Waals surface area contributed by atoms with Crippen LogP contribution in [-0.2, 0) is 13.2 Å². The zero-order valence-corrected chi connectivity index (χ0v) is 18.5. The maximum atomic E-state index is 12.7. The minimum Gasteiger partial charge on any atom is -0.484 e. The molecule has 2 heterocycles. The van der Waals surface area contributed by atoms with Crippen molar-refractivity contribution in [3.63, 3.8) is 0 Å². The van der Waals surface area contributed by atoms with Gasteiger partial charge in [0.05, 0.1) is 10.7 Å². The highest BCUT2D eigenvalue weighted by atomic mass is 35.5. The standard InChI is InChI=1S/C22H25ClN4O4/c1-4-11-24-22(29)19-17(12-27(5-2)26-19)25-21(28)18-10-9-15(31-18)13-30-20-14(3)7-6-8-16(20)23/h6-10,12H,4-5,11,13H2,1-3H3,(H,24,29)(H,25,28). The first-order valence-electron chi connectivity index (χ1n) is 10.1. The summed E-state index contributed by atoms with van der Waals surface area (Å²) in [5.74, 6) is 0.308. The summed E-state index contributed by atoms with van der Waals surface area (Å²) in [4.78, 5) is 25.0. The molecule has 0 fully saturated rings. The van der Waals surface area contributed by atoms with E-state index in [0.29, 0.717) is 35.3 Å². The summed E-state index contributed by atoms with van der Waals surface area (Å²) in [5.41, 5.74) is 1.38. The Morgan fingerprint density at radius 1 is 1.19 bits per heavy atom. The number of rotatable bonds is 9. The van der Waals surface area contributed by atoms with Gasteiger partial charge in [-0.3, -0.25) is 14.3 Å². The molecule has 1 aromatic carbocycles. The second-order valence-electron chi connectivity index (χ2n) is 6.90. The number of amides is 2. The third kappa shape index (κ3) is 5.46. The molecule has 0 saturated heterocycles. The molecule has 0 spiro atoms. The van der Waals surface area contributed by atoms with E-state index in [0.717, 1.165) is 12.0 Å². The Morgan fingerprint density at radius 2 is 2.00 bits per heavy atom. The van der Waals surface area contributed by atoms with Crippen LogP contribution in [0.2, 0.25) is 5.02 Å². The third-order valence-corrected chi connectivity index (χ3v) is 4.79. The number of aromatic nitrogens is 2. The Morgan fingerprint density at radius 3 is 2.71 bits per heavy atom. The highest BCUT2D eigenvalue weighted by Gasteiger charge is 2.20. The van der Waals surface area contributed by atoms with Crippen LogP contribution in [0, 0.1) is 6.92 Å². The van der Waals surface area contributed by atoms with E-state index in [1.54, 1.807) is 29.1 Å². The zero-order valence-electron chi connectivity index (χ0n) is 17.7. The molecule has 3 aromatic rings. The first-order chi connectivity index (χ1) is 14.9. The third-order valence-electron chi connectivity index (χ3n) is 4.49. The van der Waals surface area contributed by atoms with Gasteiger partial charge < -0.3 is 19.8 Å². The lowest BCUT2D eigenvalue weighted by Gasteiger charge is -2.09. The number of nitrogens with one attached hydrogen (secondary N) is 2. The highest BCUT2D eigenvalue weighted by molar-refractivity contribution is 6.32. The maximum absolute atomic E-state index is 12.7. The number of aryl methyl sites for hydroxylation is 2. The van der Waals surface area contributed by atoms with Gasteiger partial charge >= 0.3 is 0 Å². The minimum atomic E-state index is -0.486. The monoisotopic (exact) mass is 444 g/mol. The number of halogens is 1. The SMILES string of the molecule is CCCNC(=O)c1nn(CC)cc1NC(=O)c1ccc(COc2c(C)cccc2Cl)o1. The normalized spacial score (nSPS) is 10.7. The molecule has 164 valence electrons. The van der Waals surface area contributed by atoms with Crippen LogP contribution >= 0.6 is 11.6 Å². The van der Waals surface area contributed by atoms with Gasteiger partial charge in [-0.25, -0.2) is 0 Å². The molecule has 2 amide bonds. The number of hydrogen-bond acceptors (Lipinski definition) is 5. The van der Waals surface area contributed by atoms with Gasteiger partial charge in [0, 0.05) is 19.3 Å². The van der Waals surface area contributed by atoms with Gasteiger partial charge in [-0.1, -0.05) is 30.7 Å². The fraction of sp³-hybridized carbons (Fsp3) is 0.318. The largest absolute Gasteiger partial charge is 0.484 e. The van der Waals surface area contributed by atoms with E-state index in [1.165, 1.54) is 0 Å². The Balaban J connectivity index is 1.69. The van der Waals surface area contributed by atoms with E-state index in [-0.39, 0.29) is 24.0 Å². The molecule has 0 atom stereocenters. The van der Waals surface area contributed by atoms with E-state index in [9.17, 15) is 9.59 Å². The molecule has 0 bridgehead atoms. The summed E-state index contributed by atoms with van der Waals surface area (Å²) in [5, 5.41) is 10.2. The van der Waals surface area contributed by atoms with Gasteiger partial charge in [0.15, 0.2) is 11.5 Å². The number of anilines is 1. The van der Waals surface area contributed by atoms with Gasteiger partial charge in [-0.15, -0.1) is 0 Å². The van der Waals surface area contributed by atoms with Crippen molar-refractivity contribution in [2.24, 2.45) is 0 Å². The first kappa shape index (κ1) is 22.4. The highest BCUT2D eigenvalue weighted by Crippen LogP contribution is 2.29. The van der Waals surface area contributed by atoms with E-state index >= 15 is 0 Å². The van der Waals surface area contributed by atoms with Crippen LogP contribution in [0.15, 0.2) is 40.9 Å². The Kier molecular flexibility index (Phi) is 7.36. The fourth-order valence-electron chi connectivity index (χ4n) is 2.87. The van der Waals surface area contributed by atoms with Crippen molar-refractivity contribution in [1.82, 2.24) is 15.1 Å². The number of para-hydroxylation sites is 1. The number of ether oxygens (including phenoxy) is 1. The van der Waals surface area contributed by atoms with Crippen LogP contribution in [0.4, 0.5) is 5.69 Å². The van der Waals surface area contributed by atoms with Crippen molar-refractivity contribution in [2.75, 3.05) is 11.9 Å². The molecule has 0 aliphatic heterocycles. The molecule has 3 rings (SSSR count). The summed E-state index contributed by atoms with van der Waals surface area (Å²) in [6, 6.07) is 8.69. The lowest BCUT2D eigenvalue weighted by molar-refractivity contribution is 0.0948. The van der Waals surface area contributed by atoms with Crippen LogP contribution in [-0.4, -0.2) is 28.1 Å². The first-order valence-corrected chi connectivity index (χ1v) is 10.4. The minimum absolute atomic E-state index is 0.0960. The molecule has 31 heavy (non-hydrogen) atoms. The number of furan rings is 1. The molecule has 0 unspecified atom stereocenters. The number of benzene rings is 1. The maximum Gasteiger partial charge on any atom is 0.291 e. The summed E-state index contributed by atoms with van der Waals surface area (Å²) in [6.45, 7) is 6.96. The van der Waals surface area contributed by atoms with Crippen LogP contribution in [0.25, 0.3) is 0 Å². The van der Waals surface area contributed by atoms with E-state index < -0.39 is 5.91 Å². The Bertz CT molecular complexity index is 1050. The molecule has 0 radical (unpaired) electrons. The van der Waals surface area contributed by atoms with Crippen molar-refractivity contribution in [1.29, 1.82) is 0 Å². The van der Waals surface area contributed by atoms with Crippen molar-refractivity contribution >= 4 is 29.1 Å². The number of nitrogens with zero attached hydrogens (tertiary/aromatic N) is 2. The topological polar surface area (TPSA) is 98.4 Å². The van der Waals surface area contributed by atoms with E-state index in [1.807, 2.05) is 32.9 Å². The molecule has 2 N–H and O–H groups in total. The molecule has 8 nitrogen and oxygen atoms in total. The number of carbonyl (C=O) groups excluding carboxylic acids is 2. The second kappa shape index (κ2) is 10.2. The van der Waals surface area contributed by atoms with Gasteiger partial charge in [0.25, 0.3) is 11.8 Å². The predicted molar refractivity (Wildman–Crippen MR) is 118 cm³/mol. The van der Waals surface area contributed by atoms with Crippen LogP contribution in [0.1, 0.15) is 52.6 Å². The van der Waals surface area contributed by atoms with Crippen molar-refractivity contribution in [2.45, 2.75) is 40.3 Å². The van der Waals surface area contributed by atoms with Crippen LogP contribution in [0.3, 0.4) is 0 Å². The van der Waals surface area contributed by atoms with Crippen LogP contribution < -0.4 is 15.4 Å². The molecule has 9 heteroatoms. The molecular formula is C22H25ClN4O4. The molecule has 0 saturated carbocycles. The summed E-state index contributed by atoms with van der Waals surface area (Å²) in [6.07, 6.45) is 2.42. The second-order valence-corrected chi connectivity index (χ2v) is 7.30. The summed E-state index contributed by atoms with van der Waals surface area (Å²) >= 11 is 6.17. The summed E-state index contributed by atoms with van der Waals surface area (Å²) in [7, 11) is 0. The average molecular weight is 445 g/mol. The van der Waals surface area contributed by atoms with Crippen molar-refractivity contribution in [3.8, 4) is 5.75 Å². The fourth-order valence-corrected chi connectivity index (χ4v) is 3.15. The average Bonchev–Trinajstić information content (AvgIpc) is 3.39. The number of hydrogen-bond donors (Lipinski definition) is 2.